The first kappa shape index (κ1) is 22.8. The van der Waals surface area contributed by atoms with Gasteiger partial charge < -0.3 is 14.6 Å². The van der Waals surface area contributed by atoms with Crippen LogP contribution in [-0.4, -0.2) is 17.1 Å². The average Bonchev–Trinajstić information content (AvgIpc) is 2.80. The number of rotatable bonds is 6. The Hall–Kier alpha value is -2.92. The summed E-state index contributed by atoms with van der Waals surface area (Å²) in [4.78, 5) is 0. The minimum absolute atomic E-state index is 0.000156. The van der Waals surface area contributed by atoms with Crippen molar-refractivity contribution in [1.29, 1.82) is 0 Å². The van der Waals surface area contributed by atoms with Gasteiger partial charge in [-0.05, 0) is 48.2 Å². The van der Waals surface area contributed by atoms with E-state index >= 15 is 0 Å². The van der Waals surface area contributed by atoms with Gasteiger partial charge in [0, 0.05) is 12.8 Å². The third-order valence-corrected chi connectivity index (χ3v) is 5.08. The molecule has 164 valence electrons. The topological polar surface area (TPSA) is 38.7 Å². The molecular formula is C26H28F2O3. The van der Waals surface area contributed by atoms with Crippen LogP contribution in [0.25, 0.3) is 0 Å². The highest BCUT2D eigenvalue weighted by molar-refractivity contribution is 5.30. The molecule has 5 heteroatoms. The van der Waals surface area contributed by atoms with Crippen LogP contribution in [0.5, 0.6) is 11.5 Å². The van der Waals surface area contributed by atoms with Crippen LogP contribution in [0, 0.1) is 0 Å². The van der Waals surface area contributed by atoms with Crippen LogP contribution >= 0.6 is 0 Å². The predicted octanol–water partition coefficient (Wildman–Crippen LogP) is 6.75. The highest BCUT2D eigenvalue weighted by atomic mass is 19.3. The molecule has 1 aliphatic carbocycles. The summed E-state index contributed by atoms with van der Waals surface area (Å²) >= 11 is 0. The summed E-state index contributed by atoms with van der Waals surface area (Å²) in [7, 11) is 0. The molecule has 3 aromatic carbocycles. The smallest absolute Gasteiger partial charge is 0.248 e. The zero-order valence-electron chi connectivity index (χ0n) is 17.4. The summed E-state index contributed by atoms with van der Waals surface area (Å²) in [5, 5.41) is 9.09. The lowest BCUT2D eigenvalue weighted by molar-refractivity contribution is -0.0839. The van der Waals surface area contributed by atoms with Crippen LogP contribution in [0.3, 0.4) is 0 Å². The summed E-state index contributed by atoms with van der Waals surface area (Å²) < 4.78 is 36.9. The molecule has 0 amide bonds. The van der Waals surface area contributed by atoms with Gasteiger partial charge in [-0.1, -0.05) is 60.7 Å². The van der Waals surface area contributed by atoms with Gasteiger partial charge in [0.15, 0.2) is 0 Å². The Balaban J connectivity index is 0.000000176. The Bertz CT molecular complexity index is 874. The molecule has 0 heterocycles. The number of ether oxygens (including phenoxy) is 2. The number of phenols is 1. The molecule has 0 bridgehead atoms. The van der Waals surface area contributed by atoms with E-state index in [1.54, 1.807) is 24.3 Å². The van der Waals surface area contributed by atoms with E-state index in [0.29, 0.717) is 26.1 Å². The van der Waals surface area contributed by atoms with E-state index in [9.17, 15) is 8.78 Å². The van der Waals surface area contributed by atoms with E-state index < -0.39 is 5.92 Å². The van der Waals surface area contributed by atoms with Crippen LogP contribution in [-0.2, 0) is 18.0 Å². The van der Waals surface area contributed by atoms with Crippen molar-refractivity contribution in [3.8, 4) is 11.5 Å². The van der Waals surface area contributed by atoms with Crippen molar-refractivity contribution < 1.29 is 23.4 Å². The molecule has 0 saturated heterocycles. The quantitative estimate of drug-likeness (QED) is 0.474. The normalized spacial score (nSPS) is 15.5. The highest BCUT2D eigenvalue weighted by Crippen LogP contribution is 2.34. The van der Waals surface area contributed by atoms with Crippen LogP contribution in [0.2, 0.25) is 0 Å². The summed E-state index contributed by atoms with van der Waals surface area (Å²) in [6.45, 7) is 1.07. The van der Waals surface area contributed by atoms with Gasteiger partial charge in [-0.25, -0.2) is 8.78 Å². The van der Waals surface area contributed by atoms with Gasteiger partial charge in [0.25, 0.3) is 0 Å². The molecule has 0 atom stereocenters. The molecule has 1 fully saturated rings. The van der Waals surface area contributed by atoms with E-state index in [2.05, 4.69) is 0 Å². The highest BCUT2D eigenvalue weighted by Gasteiger charge is 2.35. The monoisotopic (exact) mass is 426 g/mol. The van der Waals surface area contributed by atoms with Crippen LogP contribution in [0.1, 0.15) is 36.8 Å². The maximum Gasteiger partial charge on any atom is 0.248 e. The second kappa shape index (κ2) is 11.5. The number of hydrogen-bond donors (Lipinski definition) is 1. The van der Waals surface area contributed by atoms with Crippen molar-refractivity contribution in [3.63, 3.8) is 0 Å². The first-order chi connectivity index (χ1) is 15.0. The standard InChI is InChI=1S/C13H16F2O.C13H12O2/c14-13(15)8-6-12(7-9-13)16-10-11-4-2-1-3-5-11;14-12-6-8-13(9-7-12)15-10-11-4-2-1-3-5-11/h1-5,12H,6-10H2;1-9,14H,10H2. The fourth-order valence-electron chi connectivity index (χ4n) is 3.25. The lowest BCUT2D eigenvalue weighted by Crippen LogP contribution is -2.28. The maximum absolute atomic E-state index is 12.9. The molecule has 0 aromatic heterocycles. The minimum Gasteiger partial charge on any atom is -0.508 e. The summed E-state index contributed by atoms with van der Waals surface area (Å²) in [6, 6.07) is 26.5. The number of phenolic OH excluding ortho intramolecular Hbond substituents is 1. The zero-order valence-corrected chi connectivity index (χ0v) is 17.4. The van der Waals surface area contributed by atoms with E-state index in [1.165, 1.54) is 0 Å². The Labute approximate surface area is 182 Å². The fourth-order valence-corrected chi connectivity index (χ4v) is 3.25. The summed E-state index contributed by atoms with van der Waals surface area (Å²) in [5.41, 5.74) is 2.23. The van der Waals surface area contributed by atoms with Gasteiger partial charge in [0.05, 0.1) is 12.7 Å². The Morgan fingerprint density at radius 1 is 0.742 bits per heavy atom. The summed E-state index contributed by atoms with van der Waals surface area (Å²) in [6.07, 6.45) is 0.873. The van der Waals surface area contributed by atoms with Crippen molar-refractivity contribution in [2.75, 3.05) is 0 Å². The van der Waals surface area contributed by atoms with Gasteiger partial charge in [0.2, 0.25) is 5.92 Å². The molecule has 1 saturated carbocycles. The van der Waals surface area contributed by atoms with Crippen LogP contribution in [0.15, 0.2) is 84.9 Å². The largest absolute Gasteiger partial charge is 0.508 e. The molecule has 0 unspecified atom stereocenters. The minimum atomic E-state index is -2.47. The van der Waals surface area contributed by atoms with E-state index in [-0.39, 0.29) is 24.7 Å². The Morgan fingerprint density at radius 2 is 1.26 bits per heavy atom. The molecule has 0 radical (unpaired) electrons. The van der Waals surface area contributed by atoms with Gasteiger partial charge >= 0.3 is 0 Å². The van der Waals surface area contributed by atoms with Crippen molar-refractivity contribution in [2.45, 2.75) is 50.9 Å². The molecule has 0 aliphatic heterocycles. The van der Waals surface area contributed by atoms with Gasteiger partial charge in [-0.3, -0.25) is 0 Å². The second-order valence-electron chi connectivity index (χ2n) is 7.62. The molecule has 4 rings (SSSR count). The number of hydrogen-bond acceptors (Lipinski definition) is 3. The van der Waals surface area contributed by atoms with E-state index in [1.807, 2.05) is 60.7 Å². The number of aromatic hydroxyl groups is 1. The van der Waals surface area contributed by atoms with Gasteiger partial charge in [-0.15, -0.1) is 0 Å². The van der Waals surface area contributed by atoms with Gasteiger partial charge in [0.1, 0.15) is 18.1 Å². The Morgan fingerprint density at radius 3 is 1.81 bits per heavy atom. The third kappa shape index (κ3) is 8.38. The van der Waals surface area contributed by atoms with Crippen molar-refractivity contribution in [3.05, 3.63) is 96.1 Å². The lowest BCUT2D eigenvalue weighted by Gasteiger charge is -2.28. The Kier molecular flexibility index (Phi) is 8.42. The molecule has 3 aromatic rings. The maximum atomic E-state index is 12.9. The average molecular weight is 427 g/mol. The summed E-state index contributed by atoms with van der Waals surface area (Å²) in [5.74, 6) is -1.45. The molecule has 1 aliphatic rings. The second-order valence-corrected chi connectivity index (χ2v) is 7.62. The van der Waals surface area contributed by atoms with Crippen molar-refractivity contribution in [1.82, 2.24) is 0 Å². The molecular weight excluding hydrogens is 398 g/mol. The van der Waals surface area contributed by atoms with Crippen molar-refractivity contribution in [2.24, 2.45) is 0 Å². The van der Waals surface area contributed by atoms with Crippen LogP contribution < -0.4 is 4.74 Å². The van der Waals surface area contributed by atoms with Crippen LogP contribution in [0.4, 0.5) is 8.78 Å². The third-order valence-electron chi connectivity index (χ3n) is 5.08. The van der Waals surface area contributed by atoms with Crippen molar-refractivity contribution >= 4 is 0 Å². The zero-order chi connectivity index (χ0) is 21.9. The molecule has 0 spiro atoms. The fraction of sp³-hybridized carbons (Fsp3) is 0.308. The molecule has 3 nitrogen and oxygen atoms in total. The molecule has 1 N–H and O–H groups in total. The SMILES string of the molecule is FC1(F)CCC(OCc2ccccc2)CC1.Oc1ccc(OCc2ccccc2)cc1. The van der Waals surface area contributed by atoms with E-state index in [0.717, 1.165) is 16.9 Å². The molecule has 31 heavy (non-hydrogen) atoms. The number of benzene rings is 3. The van der Waals surface area contributed by atoms with E-state index in [4.69, 9.17) is 14.6 Å². The first-order valence-corrected chi connectivity index (χ1v) is 10.5. The first-order valence-electron chi connectivity index (χ1n) is 10.5. The van der Waals surface area contributed by atoms with Gasteiger partial charge in [-0.2, -0.15) is 0 Å². The lowest BCUT2D eigenvalue weighted by atomic mass is 9.94. The number of alkyl halides is 2. The predicted molar refractivity (Wildman–Crippen MR) is 117 cm³/mol. The number of halogens is 2.